The van der Waals surface area contributed by atoms with Crippen molar-refractivity contribution in [3.63, 3.8) is 0 Å². The van der Waals surface area contributed by atoms with Crippen LogP contribution in [0.4, 0.5) is 17.6 Å². The van der Waals surface area contributed by atoms with Crippen molar-refractivity contribution in [1.82, 2.24) is 4.90 Å². The second-order valence-corrected chi connectivity index (χ2v) is 5.70. The Morgan fingerprint density at radius 2 is 2.14 bits per heavy atom. The van der Waals surface area contributed by atoms with Gasteiger partial charge >= 0.3 is 0 Å². The van der Waals surface area contributed by atoms with Gasteiger partial charge < -0.3 is 10.0 Å². The van der Waals surface area contributed by atoms with Gasteiger partial charge in [0.05, 0.1) is 13.1 Å². The van der Waals surface area contributed by atoms with Gasteiger partial charge in [-0.2, -0.15) is 0 Å². The van der Waals surface area contributed by atoms with Crippen LogP contribution >= 0.6 is 11.3 Å². The normalized spacial score (nSPS) is 14.3. The average Bonchev–Trinajstić information content (AvgIpc) is 2.85. The third-order valence-electron chi connectivity index (χ3n) is 2.74. The summed E-state index contributed by atoms with van der Waals surface area (Å²) < 4.78 is 50.3. The predicted molar refractivity (Wildman–Crippen MR) is 71.5 cm³/mol. The molecule has 8 heteroatoms. The molecule has 21 heavy (non-hydrogen) atoms. The number of carbonyl (C=O) groups excluding carboxylic acids is 1. The van der Waals surface area contributed by atoms with Gasteiger partial charge in [-0.25, -0.2) is 17.6 Å². The third kappa shape index (κ3) is 4.82. The number of nitrogens with zero attached hydrogens (tertiary/aromatic N) is 1. The molecule has 0 spiro atoms. The molecule has 0 saturated heterocycles. The number of halogens is 4. The molecule has 0 fully saturated rings. The van der Waals surface area contributed by atoms with Crippen LogP contribution < -0.4 is 0 Å². The summed E-state index contributed by atoms with van der Waals surface area (Å²) in [5, 5.41) is 10.8. The summed E-state index contributed by atoms with van der Waals surface area (Å²) in [5.74, 6) is -0.664. The fraction of sp³-hybridized carbons (Fsp3) is 0.462. The maximum Gasteiger partial charge on any atom is 0.268 e. The lowest BCUT2D eigenvalue weighted by atomic mass is 10.1. The van der Waals surface area contributed by atoms with Crippen molar-refractivity contribution < 1.29 is 27.5 Å². The lowest BCUT2D eigenvalue weighted by Crippen LogP contribution is -2.47. The van der Waals surface area contributed by atoms with E-state index >= 15 is 0 Å². The number of hydrogen-bond donors (Lipinski definition) is 1. The van der Waals surface area contributed by atoms with Crippen LogP contribution in [0.3, 0.4) is 0 Å². The second-order valence-electron chi connectivity index (χ2n) is 4.70. The highest BCUT2D eigenvalue weighted by Gasteiger charge is 2.35. The van der Waals surface area contributed by atoms with Crippen molar-refractivity contribution in [1.29, 1.82) is 0 Å². The van der Waals surface area contributed by atoms with Gasteiger partial charge in [-0.1, -0.05) is 6.58 Å². The number of hydrogen-bond acceptors (Lipinski definition) is 3. The minimum Gasteiger partial charge on any atom is -0.382 e. The quantitative estimate of drug-likeness (QED) is 0.618. The molecule has 0 aliphatic carbocycles. The summed E-state index contributed by atoms with van der Waals surface area (Å²) in [6, 6.07) is 1.20. The first-order valence-corrected chi connectivity index (χ1v) is 6.82. The smallest absolute Gasteiger partial charge is 0.268 e. The Balaban J connectivity index is 2.88. The lowest BCUT2D eigenvalue weighted by molar-refractivity contribution is -0.137. The van der Waals surface area contributed by atoms with E-state index in [0.717, 1.165) is 29.2 Å². The van der Waals surface area contributed by atoms with Crippen LogP contribution in [0.1, 0.15) is 23.8 Å². The van der Waals surface area contributed by atoms with E-state index in [1.54, 1.807) is 0 Å². The van der Waals surface area contributed by atoms with Crippen molar-refractivity contribution in [3.05, 3.63) is 34.5 Å². The maximum absolute atomic E-state index is 12.7. The third-order valence-corrected chi connectivity index (χ3v) is 3.68. The van der Waals surface area contributed by atoms with Crippen LogP contribution in [0, 0.1) is 0 Å². The van der Waals surface area contributed by atoms with Crippen LogP contribution in [-0.2, 0) is 11.3 Å². The largest absolute Gasteiger partial charge is 0.382 e. The van der Waals surface area contributed by atoms with E-state index in [2.05, 4.69) is 6.58 Å². The summed E-state index contributed by atoms with van der Waals surface area (Å²) in [6.45, 7) is 3.38. The molecule has 1 aromatic heterocycles. The highest BCUT2D eigenvalue weighted by molar-refractivity contribution is 7.10. The molecule has 0 bridgehead atoms. The van der Waals surface area contributed by atoms with Gasteiger partial charge in [0.1, 0.15) is 5.60 Å². The first-order chi connectivity index (χ1) is 9.67. The van der Waals surface area contributed by atoms with E-state index < -0.39 is 30.9 Å². The van der Waals surface area contributed by atoms with Crippen LogP contribution in [-0.4, -0.2) is 34.5 Å². The van der Waals surface area contributed by atoms with E-state index in [9.17, 15) is 27.5 Å². The van der Waals surface area contributed by atoms with E-state index in [0.29, 0.717) is 4.88 Å². The topological polar surface area (TPSA) is 40.5 Å². The monoisotopic (exact) mass is 325 g/mol. The van der Waals surface area contributed by atoms with Gasteiger partial charge in [0.2, 0.25) is 5.91 Å². The average molecular weight is 325 g/mol. The van der Waals surface area contributed by atoms with Crippen LogP contribution in [0.2, 0.25) is 0 Å². The van der Waals surface area contributed by atoms with Crippen LogP contribution in [0.25, 0.3) is 0 Å². The zero-order valence-corrected chi connectivity index (χ0v) is 12.0. The predicted octanol–water partition coefficient (Wildman–Crippen LogP) is 3.22. The zero-order chi connectivity index (χ0) is 16.2. The molecule has 1 heterocycles. The number of rotatable bonds is 7. The number of carbonyl (C=O) groups is 1. The maximum atomic E-state index is 12.7. The SMILES string of the molecule is C=CC(=O)N(Cc1cc(C(F)F)cs1)CC(C)(O)C(F)F. The summed E-state index contributed by atoms with van der Waals surface area (Å²) in [7, 11) is 0. The Kier molecular flexibility index (Phi) is 5.91. The fourth-order valence-corrected chi connectivity index (χ4v) is 2.47. The van der Waals surface area contributed by atoms with E-state index in [-0.39, 0.29) is 12.1 Å². The summed E-state index contributed by atoms with van der Waals surface area (Å²) in [4.78, 5) is 13.0. The molecule has 1 atom stereocenters. The van der Waals surface area contributed by atoms with Crippen molar-refractivity contribution in [2.24, 2.45) is 0 Å². The van der Waals surface area contributed by atoms with Crippen LogP contribution in [0.15, 0.2) is 24.1 Å². The molecule has 0 saturated carbocycles. The second kappa shape index (κ2) is 7.04. The van der Waals surface area contributed by atoms with Crippen molar-refractivity contribution in [2.45, 2.75) is 31.9 Å². The Morgan fingerprint density at radius 3 is 2.57 bits per heavy atom. The molecule has 1 amide bonds. The Hall–Kier alpha value is -1.41. The molecule has 0 aromatic carbocycles. The molecule has 1 unspecified atom stereocenters. The minimum absolute atomic E-state index is 0.148. The molecule has 3 nitrogen and oxygen atoms in total. The van der Waals surface area contributed by atoms with Gasteiger partial charge in [0.25, 0.3) is 12.9 Å². The summed E-state index contributed by atoms with van der Waals surface area (Å²) in [5.41, 5.74) is -2.58. The Labute approximate surface area is 123 Å². The first kappa shape index (κ1) is 17.6. The van der Waals surface area contributed by atoms with Crippen molar-refractivity contribution >= 4 is 17.2 Å². The van der Waals surface area contributed by atoms with Crippen molar-refractivity contribution in [2.75, 3.05) is 6.54 Å². The first-order valence-electron chi connectivity index (χ1n) is 5.94. The number of aliphatic hydroxyl groups is 1. The van der Waals surface area contributed by atoms with E-state index in [1.807, 2.05) is 0 Å². The molecule has 0 radical (unpaired) electrons. The van der Waals surface area contributed by atoms with Gasteiger partial charge in [-0.3, -0.25) is 4.79 Å². The molecular weight excluding hydrogens is 310 g/mol. The number of thiophene rings is 1. The highest BCUT2D eigenvalue weighted by atomic mass is 32.1. The molecule has 1 aromatic rings. The lowest BCUT2D eigenvalue weighted by Gasteiger charge is -2.30. The molecular formula is C13H15F4NO2S. The molecule has 1 N–H and O–H groups in total. The van der Waals surface area contributed by atoms with E-state index in [1.165, 1.54) is 11.4 Å². The van der Waals surface area contributed by atoms with Gasteiger partial charge in [0.15, 0.2) is 0 Å². The number of amides is 1. The van der Waals surface area contributed by atoms with Gasteiger partial charge in [-0.15, -0.1) is 11.3 Å². The fourth-order valence-electron chi connectivity index (χ4n) is 1.58. The van der Waals surface area contributed by atoms with Crippen molar-refractivity contribution in [3.8, 4) is 0 Å². The zero-order valence-electron chi connectivity index (χ0n) is 11.2. The standard InChI is InChI=1S/C13H15F4NO2S/c1-3-10(19)18(7-13(2,20)12(16)17)5-9-4-8(6-21-9)11(14)15/h3-4,6,11-12,20H,1,5,7H2,2H3. The van der Waals surface area contributed by atoms with Gasteiger partial charge in [-0.05, 0) is 24.4 Å². The van der Waals surface area contributed by atoms with Crippen LogP contribution in [0.5, 0.6) is 0 Å². The molecule has 1 rings (SSSR count). The minimum atomic E-state index is -3.04. The summed E-state index contributed by atoms with van der Waals surface area (Å²) in [6.07, 6.45) is -4.76. The van der Waals surface area contributed by atoms with E-state index in [4.69, 9.17) is 0 Å². The van der Waals surface area contributed by atoms with Gasteiger partial charge in [0, 0.05) is 10.4 Å². The Bertz CT molecular complexity index is 502. The molecule has 0 aliphatic heterocycles. The Morgan fingerprint density at radius 1 is 1.52 bits per heavy atom. The molecule has 0 aliphatic rings. The molecule has 118 valence electrons. The summed E-state index contributed by atoms with van der Waals surface area (Å²) >= 11 is 0.991. The highest BCUT2D eigenvalue weighted by Crippen LogP contribution is 2.26. The number of alkyl halides is 4.